The average molecular weight is 333 g/mol. The first kappa shape index (κ1) is 13.4. The Bertz CT molecular complexity index is 621. The molecule has 3 rings (SSSR count). The standard InChI is InChI=1S/C16H17BrN2O/c1-18-11-14(17)10-15(18)16(20)19-8-6-12-4-2-3-5-13(12)7-9-19/h2-5,10-11H,6-9H2,1H3. The number of nitrogens with zero attached hydrogens (tertiary/aromatic N) is 2. The van der Waals surface area contributed by atoms with E-state index in [1.165, 1.54) is 11.1 Å². The van der Waals surface area contributed by atoms with Crippen molar-refractivity contribution in [2.75, 3.05) is 13.1 Å². The molecular weight excluding hydrogens is 316 g/mol. The van der Waals surface area contributed by atoms with Crippen LogP contribution in [0.15, 0.2) is 41.0 Å². The highest BCUT2D eigenvalue weighted by atomic mass is 79.9. The Labute approximate surface area is 127 Å². The molecule has 0 aliphatic carbocycles. The van der Waals surface area contributed by atoms with E-state index in [4.69, 9.17) is 0 Å². The molecule has 0 unspecified atom stereocenters. The molecule has 0 radical (unpaired) electrons. The van der Waals surface area contributed by atoms with Crippen molar-refractivity contribution >= 4 is 21.8 Å². The lowest BCUT2D eigenvalue weighted by molar-refractivity contribution is 0.0753. The molecule has 1 amide bonds. The van der Waals surface area contributed by atoms with Gasteiger partial charge in [-0.25, -0.2) is 0 Å². The van der Waals surface area contributed by atoms with Gasteiger partial charge in [0.25, 0.3) is 5.91 Å². The van der Waals surface area contributed by atoms with Gasteiger partial charge in [0.2, 0.25) is 0 Å². The van der Waals surface area contributed by atoms with E-state index < -0.39 is 0 Å². The van der Waals surface area contributed by atoms with E-state index in [1.807, 2.05) is 28.8 Å². The van der Waals surface area contributed by atoms with Gasteiger partial charge in [0.1, 0.15) is 5.69 Å². The fourth-order valence-electron chi connectivity index (χ4n) is 2.77. The summed E-state index contributed by atoms with van der Waals surface area (Å²) < 4.78 is 2.83. The molecule has 1 aliphatic heterocycles. The summed E-state index contributed by atoms with van der Waals surface area (Å²) in [6.07, 6.45) is 3.79. The lowest BCUT2D eigenvalue weighted by atomic mass is 10.0. The van der Waals surface area contributed by atoms with Gasteiger partial charge in [-0.05, 0) is 46.0 Å². The number of halogens is 1. The van der Waals surface area contributed by atoms with Crippen LogP contribution < -0.4 is 0 Å². The molecule has 2 heterocycles. The quantitative estimate of drug-likeness (QED) is 0.788. The summed E-state index contributed by atoms with van der Waals surface area (Å²) in [5.41, 5.74) is 3.48. The van der Waals surface area contributed by atoms with Crippen molar-refractivity contribution in [3.8, 4) is 0 Å². The third-order valence-electron chi connectivity index (χ3n) is 3.90. The molecule has 0 fully saturated rings. The number of benzene rings is 1. The number of aryl methyl sites for hydroxylation is 1. The monoisotopic (exact) mass is 332 g/mol. The predicted octanol–water partition coefficient (Wildman–Crippen LogP) is 3.03. The zero-order chi connectivity index (χ0) is 14.1. The maximum Gasteiger partial charge on any atom is 0.270 e. The number of rotatable bonds is 1. The van der Waals surface area contributed by atoms with Crippen LogP contribution in [0.2, 0.25) is 0 Å². The van der Waals surface area contributed by atoms with Crippen molar-refractivity contribution in [3.63, 3.8) is 0 Å². The third-order valence-corrected chi connectivity index (χ3v) is 4.33. The van der Waals surface area contributed by atoms with E-state index in [0.717, 1.165) is 36.1 Å². The smallest absolute Gasteiger partial charge is 0.270 e. The van der Waals surface area contributed by atoms with Gasteiger partial charge >= 0.3 is 0 Å². The first-order valence-electron chi connectivity index (χ1n) is 6.83. The summed E-state index contributed by atoms with van der Waals surface area (Å²) in [4.78, 5) is 14.6. The zero-order valence-corrected chi connectivity index (χ0v) is 13.1. The van der Waals surface area contributed by atoms with E-state index in [9.17, 15) is 4.79 Å². The third kappa shape index (κ3) is 2.52. The number of hydrogen-bond acceptors (Lipinski definition) is 1. The van der Waals surface area contributed by atoms with Gasteiger partial charge < -0.3 is 9.47 Å². The Balaban J connectivity index is 1.80. The Morgan fingerprint density at radius 3 is 2.25 bits per heavy atom. The summed E-state index contributed by atoms with van der Waals surface area (Å²) in [7, 11) is 1.91. The Morgan fingerprint density at radius 2 is 1.75 bits per heavy atom. The van der Waals surface area contributed by atoms with E-state index >= 15 is 0 Å². The molecule has 0 bridgehead atoms. The number of fused-ring (bicyclic) bond motifs is 1. The number of carbonyl (C=O) groups is 1. The molecule has 4 heteroatoms. The van der Waals surface area contributed by atoms with E-state index in [-0.39, 0.29) is 5.91 Å². The van der Waals surface area contributed by atoms with Crippen LogP contribution in [0, 0.1) is 0 Å². The SMILES string of the molecule is Cn1cc(Br)cc1C(=O)N1CCc2ccccc2CC1. The largest absolute Gasteiger partial charge is 0.345 e. The van der Waals surface area contributed by atoms with Crippen LogP contribution in [-0.2, 0) is 19.9 Å². The Kier molecular flexibility index (Phi) is 3.66. The van der Waals surface area contributed by atoms with Crippen LogP contribution in [0.4, 0.5) is 0 Å². The number of aromatic nitrogens is 1. The fourth-order valence-corrected chi connectivity index (χ4v) is 3.29. The summed E-state index contributed by atoms with van der Waals surface area (Å²) in [6.45, 7) is 1.58. The van der Waals surface area contributed by atoms with Gasteiger partial charge in [-0.15, -0.1) is 0 Å². The summed E-state index contributed by atoms with van der Waals surface area (Å²) >= 11 is 3.42. The maximum absolute atomic E-state index is 12.6. The molecule has 1 aromatic carbocycles. The minimum absolute atomic E-state index is 0.117. The predicted molar refractivity (Wildman–Crippen MR) is 82.9 cm³/mol. The highest BCUT2D eigenvalue weighted by Gasteiger charge is 2.21. The normalized spacial score (nSPS) is 14.8. The molecule has 0 N–H and O–H groups in total. The van der Waals surface area contributed by atoms with Crippen LogP contribution >= 0.6 is 15.9 Å². The van der Waals surface area contributed by atoms with Crippen molar-refractivity contribution in [2.24, 2.45) is 7.05 Å². The van der Waals surface area contributed by atoms with Crippen molar-refractivity contribution in [1.82, 2.24) is 9.47 Å². The van der Waals surface area contributed by atoms with Crippen LogP contribution in [0.3, 0.4) is 0 Å². The van der Waals surface area contributed by atoms with Crippen molar-refractivity contribution in [3.05, 3.63) is 57.8 Å². The van der Waals surface area contributed by atoms with Crippen molar-refractivity contribution in [2.45, 2.75) is 12.8 Å². The van der Waals surface area contributed by atoms with Crippen molar-refractivity contribution < 1.29 is 4.79 Å². The molecule has 1 aromatic heterocycles. The van der Waals surface area contributed by atoms with E-state index in [2.05, 4.69) is 40.2 Å². The Hall–Kier alpha value is -1.55. The minimum Gasteiger partial charge on any atom is -0.345 e. The summed E-state index contributed by atoms with van der Waals surface area (Å²) in [5, 5.41) is 0. The molecule has 0 saturated heterocycles. The second-order valence-electron chi connectivity index (χ2n) is 5.22. The zero-order valence-electron chi connectivity index (χ0n) is 11.5. The highest BCUT2D eigenvalue weighted by molar-refractivity contribution is 9.10. The molecule has 0 saturated carbocycles. The molecule has 0 atom stereocenters. The van der Waals surface area contributed by atoms with Crippen LogP contribution in [0.1, 0.15) is 21.6 Å². The summed E-state index contributed by atoms with van der Waals surface area (Å²) in [5.74, 6) is 0.117. The molecule has 2 aromatic rings. The van der Waals surface area contributed by atoms with Gasteiger partial charge in [-0.2, -0.15) is 0 Å². The maximum atomic E-state index is 12.6. The van der Waals surface area contributed by atoms with E-state index in [1.54, 1.807) is 0 Å². The van der Waals surface area contributed by atoms with Crippen LogP contribution in [0.25, 0.3) is 0 Å². The van der Waals surface area contributed by atoms with Crippen LogP contribution in [0.5, 0.6) is 0 Å². The second kappa shape index (κ2) is 5.44. The van der Waals surface area contributed by atoms with Gasteiger partial charge in [0.05, 0.1) is 0 Å². The van der Waals surface area contributed by atoms with Crippen LogP contribution in [-0.4, -0.2) is 28.5 Å². The molecule has 104 valence electrons. The number of hydrogen-bond donors (Lipinski definition) is 0. The Morgan fingerprint density at radius 1 is 1.15 bits per heavy atom. The number of carbonyl (C=O) groups excluding carboxylic acids is 1. The first-order valence-corrected chi connectivity index (χ1v) is 7.62. The lowest BCUT2D eigenvalue weighted by Crippen LogP contribution is -2.34. The highest BCUT2D eigenvalue weighted by Crippen LogP contribution is 2.19. The molecule has 20 heavy (non-hydrogen) atoms. The lowest BCUT2D eigenvalue weighted by Gasteiger charge is -2.20. The van der Waals surface area contributed by atoms with E-state index in [0.29, 0.717) is 0 Å². The minimum atomic E-state index is 0.117. The molecule has 1 aliphatic rings. The van der Waals surface area contributed by atoms with Gasteiger partial charge in [-0.1, -0.05) is 24.3 Å². The van der Waals surface area contributed by atoms with Gasteiger partial charge in [0, 0.05) is 30.8 Å². The summed E-state index contributed by atoms with van der Waals surface area (Å²) in [6, 6.07) is 10.4. The van der Waals surface area contributed by atoms with Gasteiger partial charge in [-0.3, -0.25) is 4.79 Å². The topological polar surface area (TPSA) is 25.2 Å². The molecule has 0 spiro atoms. The first-order chi connectivity index (χ1) is 9.65. The van der Waals surface area contributed by atoms with Gasteiger partial charge in [0.15, 0.2) is 0 Å². The number of amides is 1. The van der Waals surface area contributed by atoms with Crippen molar-refractivity contribution in [1.29, 1.82) is 0 Å². The molecule has 3 nitrogen and oxygen atoms in total. The second-order valence-corrected chi connectivity index (χ2v) is 6.13. The fraction of sp³-hybridized carbons (Fsp3) is 0.312. The molecular formula is C16H17BrN2O. The average Bonchev–Trinajstić information content (AvgIpc) is 2.66.